The molecule has 0 fully saturated rings. The maximum absolute atomic E-state index is 5.99. The Morgan fingerprint density at radius 2 is 2.05 bits per heavy atom. The average molecular weight is 258 g/mol. The first kappa shape index (κ1) is 13.1. The van der Waals surface area contributed by atoms with Crippen LogP contribution in [0.25, 0.3) is 0 Å². The average Bonchev–Trinajstić information content (AvgIpc) is 2.39. The third kappa shape index (κ3) is 2.93. The van der Waals surface area contributed by atoms with Gasteiger partial charge in [0.15, 0.2) is 5.82 Å². The number of hydrogen-bond donors (Lipinski definition) is 2. The van der Waals surface area contributed by atoms with E-state index in [0.29, 0.717) is 24.0 Å². The highest BCUT2D eigenvalue weighted by Gasteiger charge is 2.10. The molecule has 0 spiro atoms. The molecule has 0 unspecified atom stereocenters. The van der Waals surface area contributed by atoms with Crippen LogP contribution >= 0.6 is 0 Å². The van der Waals surface area contributed by atoms with E-state index in [-0.39, 0.29) is 0 Å². The van der Waals surface area contributed by atoms with E-state index >= 15 is 0 Å². The molecule has 3 N–H and O–H groups in total. The maximum Gasteiger partial charge on any atom is 0.242 e. The van der Waals surface area contributed by atoms with Gasteiger partial charge in [-0.1, -0.05) is 12.1 Å². The smallest absolute Gasteiger partial charge is 0.242 e. The van der Waals surface area contributed by atoms with Crippen LogP contribution in [-0.2, 0) is 0 Å². The number of nitrogens with two attached hydrogens (primary N) is 1. The number of aromatic nitrogens is 2. The van der Waals surface area contributed by atoms with Gasteiger partial charge in [0.25, 0.3) is 0 Å². The van der Waals surface area contributed by atoms with Crippen LogP contribution in [0.4, 0.5) is 17.2 Å². The zero-order chi connectivity index (χ0) is 13.8. The zero-order valence-electron chi connectivity index (χ0n) is 11.4. The molecule has 2 aromatic rings. The second-order valence-electron chi connectivity index (χ2n) is 4.32. The van der Waals surface area contributed by atoms with Crippen LogP contribution < -0.4 is 15.8 Å². The monoisotopic (exact) mass is 258 g/mol. The summed E-state index contributed by atoms with van der Waals surface area (Å²) in [6, 6.07) is 6.17. The number of aryl methyl sites for hydroxylation is 2. The third-order valence-electron chi connectivity index (χ3n) is 2.77. The van der Waals surface area contributed by atoms with Crippen molar-refractivity contribution < 1.29 is 4.74 Å². The van der Waals surface area contributed by atoms with Crippen LogP contribution in [0.3, 0.4) is 0 Å². The number of hydrogen-bond acceptors (Lipinski definition) is 5. The fourth-order valence-electron chi connectivity index (χ4n) is 1.73. The molecular weight excluding hydrogens is 240 g/mol. The summed E-state index contributed by atoms with van der Waals surface area (Å²) >= 11 is 0. The topological polar surface area (TPSA) is 73.1 Å². The van der Waals surface area contributed by atoms with Crippen LogP contribution in [0.5, 0.6) is 5.88 Å². The van der Waals surface area contributed by atoms with Gasteiger partial charge >= 0.3 is 0 Å². The Bertz CT molecular complexity index is 584. The first-order valence-electron chi connectivity index (χ1n) is 6.19. The molecule has 0 bridgehead atoms. The summed E-state index contributed by atoms with van der Waals surface area (Å²) in [5.74, 6) is 0.970. The zero-order valence-corrected chi connectivity index (χ0v) is 11.4. The van der Waals surface area contributed by atoms with Crippen LogP contribution in [0.2, 0.25) is 0 Å². The highest BCUT2D eigenvalue weighted by atomic mass is 16.5. The Kier molecular flexibility index (Phi) is 3.85. The maximum atomic E-state index is 5.99. The number of rotatable bonds is 4. The van der Waals surface area contributed by atoms with Crippen molar-refractivity contribution in [3.05, 3.63) is 35.7 Å². The van der Waals surface area contributed by atoms with Crippen molar-refractivity contribution in [3.63, 3.8) is 0 Å². The lowest BCUT2D eigenvalue weighted by Crippen LogP contribution is -2.05. The summed E-state index contributed by atoms with van der Waals surface area (Å²) in [4.78, 5) is 8.17. The van der Waals surface area contributed by atoms with Crippen LogP contribution in [-0.4, -0.2) is 16.6 Å². The van der Waals surface area contributed by atoms with E-state index in [4.69, 9.17) is 10.5 Å². The lowest BCUT2D eigenvalue weighted by molar-refractivity contribution is 0.328. The van der Waals surface area contributed by atoms with Gasteiger partial charge in [0.1, 0.15) is 12.0 Å². The van der Waals surface area contributed by atoms with Gasteiger partial charge in [-0.15, -0.1) is 0 Å². The molecule has 0 aliphatic rings. The lowest BCUT2D eigenvalue weighted by atomic mass is 10.1. The first-order valence-corrected chi connectivity index (χ1v) is 6.19. The molecule has 0 saturated carbocycles. The standard InChI is InChI=1S/C14H18N4O/c1-4-19-14-12(15)13(16-8-17-14)18-11-7-9(2)5-6-10(11)3/h5-8H,4,15H2,1-3H3,(H,16,17,18). The van der Waals surface area contributed by atoms with Gasteiger partial charge in [-0.05, 0) is 38.0 Å². The second-order valence-corrected chi connectivity index (χ2v) is 4.32. The van der Waals surface area contributed by atoms with Crippen LogP contribution in [0.1, 0.15) is 18.1 Å². The van der Waals surface area contributed by atoms with Gasteiger partial charge in [-0.3, -0.25) is 0 Å². The van der Waals surface area contributed by atoms with Gasteiger partial charge in [0.2, 0.25) is 5.88 Å². The van der Waals surface area contributed by atoms with Crippen molar-refractivity contribution in [3.8, 4) is 5.88 Å². The number of nitrogen functional groups attached to an aromatic ring is 1. The van der Waals surface area contributed by atoms with E-state index in [1.54, 1.807) is 0 Å². The number of nitrogens with zero attached hydrogens (tertiary/aromatic N) is 2. The van der Waals surface area contributed by atoms with Gasteiger partial charge in [-0.25, -0.2) is 4.98 Å². The minimum Gasteiger partial charge on any atom is -0.476 e. The van der Waals surface area contributed by atoms with E-state index < -0.39 is 0 Å². The second kappa shape index (κ2) is 5.56. The predicted molar refractivity (Wildman–Crippen MR) is 76.8 cm³/mol. The fraction of sp³-hybridized carbons (Fsp3) is 0.286. The molecule has 19 heavy (non-hydrogen) atoms. The number of nitrogens with one attached hydrogen (secondary N) is 1. The van der Waals surface area contributed by atoms with E-state index in [1.807, 2.05) is 20.8 Å². The van der Waals surface area contributed by atoms with Gasteiger partial charge < -0.3 is 15.8 Å². The number of benzene rings is 1. The van der Waals surface area contributed by atoms with E-state index in [9.17, 15) is 0 Å². The summed E-state index contributed by atoms with van der Waals surface area (Å²) in [6.07, 6.45) is 1.44. The minimum absolute atomic E-state index is 0.408. The van der Waals surface area contributed by atoms with Crippen molar-refractivity contribution in [2.24, 2.45) is 0 Å². The van der Waals surface area contributed by atoms with Gasteiger partial charge in [0.05, 0.1) is 6.61 Å². The molecule has 1 aromatic carbocycles. The molecule has 5 heteroatoms. The Balaban J connectivity index is 2.33. The summed E-state index contributed by atoms with van der Waals surface area (Å²) in [6.45, 7) is 6.48. The van der Waals surface area contributed by atoms with E-state index in [1.165, 1.54) is 11.9 Å². The van der Waals surface area contributed by atoms with Crippen LogP contribution in [0.15, 0.2) is 24.5 Å². The molecule has 2 rings (SSSR count). The molecule has 1 aromatic heterocycles. The van der Waals surface area contributed by atoms with Crippen molar-refractivity contribution in [1.82, 2.24) is 9.97 Å². The van der Waals surface area contributed by atoms with E-state index in [0.717, 1.165) is 11.3 Å². The quantitative estimate of drug-likeness (QED) is 0.882. The SMILES string of the molecule is CCOc1ncnc(Nc2cc(C)ccc2C)c1N. The molecular formula is C14H18N4O. The van der Waals surface area contributed by atoms with Crippen molar-refractivity contribution >= 4 is 17.2 Å². The first-order chi connectivity index (χ1) is 9.11. The van der Waals surface area contributed by atoms with Crippen molar-refractivity contribution in [2.75, 3.05) is 17.7 Å². The number of ether oxygens (including phenoxy) is 1. The number of anilines is 3. The summed E-state index contributed by atoms with van der Waals surface area (Å²) < 4.78 is 5.35. The molecule has 0 saturated heterocycles. The molecule has 0 radical (unpaired) electrons. The predicted octanol–water partition coefficient (Wildman–Crippen LogP) is 2.82. The molecule has 5 nitrogen and oxygen atoms in total. The van der Waals surface area contributed by atoms with Gasteiger partial charge in [0, 0.05) is 5.69 Å². The van der Waals surface area contributed by atoms with Crippen molar-refractivity contribution in [1.29, 1.82) is 0 Å². The highest BCUT2D eigenvalue weighted by molar-refractivity contribution is 5.73. The molecule has 0 atom stereocenters. The highest BCUT2D eigenvalue weighted by Crippen LogP contribution is 2.28. The molecule has 0 aliphatic heterocycles. The Morgan fingerprint density at radius 3 is 2.79 bits per heavy atom. The summed E-state index contributed by atoms with van der Waals surface area (Å²) in [7, 11) is 0. The fourth-order valence-corrected chi connectivity index (χ4v) is 1.73. The largest absolute Gasteiger partial charge is 0.476 e. The van der Waals surface area contributed by atoms with E-state index in [2.05, 4.69) is 33.5 Å². The summed E-state index contributed by atoms with van der Waals surface area (Å²) in [5, 5.41) is 3.22. The summed E-state index contributed by atoms with van der Waals surface area (Å²) in [5.41, 5.74) is 9.69. The molecule has 100 valence electrons. The minimum atomic E-state index is 0.408. The lowest BCUT2D eigenvalue weighted by Gasteiger charge is -2.13. The Morgan fingerprint density at radius 1 is 1.26 bits per heavy atom. The Hall–Kier alpha value is -2.30. The third-order valence-corrected chi connectivity index (χ3v) is 2.77. The normalized spacial score (nSPS) is 10.3. The molecule has 1 heterocycles. The van der Waals surface area contributed by atoms with Crippen LogP contribution in [0, 0.1) is 13.8 Å². The Labute approximate surface area is 112 Å². The molecule has 0 amide bonds. The van der Waals surface area contributed by atoms with Gasteiger partial charge in [-0.2, -0.15) is 4.98 Å². The molecule has 0 aliphatic carbocycles. The van der Waals surface area contributed by atoms with Crippen molar-refractivity contribution in [2.45, 2.75) is 20.8 Å².